The van der Waals surface area contributed by atoms with Gasteiger partial charge in [-0.3, -0.25) is 0 Å². The molecule has 13 atom stereocenters. The van der Waals surface area contributed by atoms with Crippen LogP contribution in [0.5, 0.6) is 0 Å². The lowest BCUT2D eigenvalue weighted by Gasteiger charge is -2.40. The van der Waals surface area contributed by atoms with Crippen molar-refractivity contribution in [1.82, 2.24) is 14.7 Å². The molecule has 0 radical (unpaired) electrons. The molecular formula is C60H71N3O. The van der Waals surface area contributed by atoms with E-state index in [1.165, 1.54) is 138 Å². The summed E-state index contributed by atoms with van der Waals surface area (Å²) in [6.45, 7) is 0. The summed E-state index contributed by atoms with van der Waals surface area (Å²) in [5.74, 6) is 6.17. The molecule has 1 aromatic rings. The molecule has 10 aliphatic carbocycles. The molecule has 4 nitrogen and oxygen atoms in total. The molecule has 0 amide bonds. The second-order valence-electron chi connectivity index (χ2n) is 22.5. The van der Waals surface area contributed by atoms with Crippen LogP contribution in [0.3, 0.4) is 0 Å². The van der Waals surface area contributed by atoms with E-state index in [0.29, 0.717) is 59.9 Å². The Labute approximate surface area is 383 Å². The summed E-state index contributed by atoms with van der Waals surface area (Å²) in [7, 11) is 0. The molecule has 13 aliphatic rings. The number of furan rings is 1. The van der Waals surface area contributed by atoms with Gasteiger partial charge in [0.05, 0.1) is 41.9 Å². The van der Waals surface area contributed by atoms with Crippen molar-refractivity contribution in [2.45, 2.75) is 171 Å². The second kappa shape index (κ2) is 15.7. The van der Waals surface area contributed by atoms with Gasteiger partial charge in [0.15, 0.2) is 5.42 Å². The first-order valence-corrected chi connectivity index (χ1v) is 26.8. The highest BCUT2D eigenvalue weighted by Gasteiger charge is 2.54. The molecule has 14 rings (SSSR count). The summed E-state index contributed by atoms with van der Waals surface area (Å²) in [6, 6.07) is 3.25. The molecule has 0 bridgehead atoms. The number of aryl methyl sites for hydroxylation is 1. The average Bonchev–Trinajstić information content (AvgIpc) is 4.10. The van der Waals surface area contributed by atoms with Crippen molar-refractivity contribution < 1.29 is 4.42 Å². The van der Waals surface area contributed by atoms with Gasteiger partial charge in [-0.05, 0) is 181 Å². The van der Waals surface area contributed by atoms with Crippen LogP contribution in [0.25, 0.3) is 11.8 Å². The zero-order chi connectivity index (χ0) is 41.9. The Kier molecular flexibility index (Phi) is 9.59. The maximum absolute atomic E-state index is 6.88. The normalized spacial score (nSPS) is 40.1. The minimum absolute atomic E-state index is 0.494. The first-order chi connectivity index (χ1) is 31.7. The van der Waals surface area contributed by atoms with E-state index in [1.807, 2.05) is 0 Å². The zero-order valence-electron chi connectivity index (χ0n) is 38.3. The van der Waals surface area contributed by atoms with E-state index in [-0.39, 0.29) is 0 Å². The summed E-state index contributed by atoms with van der Waals surface area (Å²) in [5, 5.41) is 1.47. The summed E-state index contributed by atoms with van der Waals surface area (Å²) in [5.41, 5.74) is 12.9. The first kappa shape index (κ1) is 39.0. The van der Waals surface area contributed by atoms with E-state index >= 15 is 0 Å². The Morgan fingerprint density at radius 2 is 1.33 bits per heavy atom. The molecule has 64 heavy (non-hydrogen) atoms. The fourth-order valence-corrected chi connectivity index (χ4v) is 16.9. The number of allylic oxidation sites excluding steroid dienone is 14. The summed E-state index contributed by atoms with van der Waals surface area (Å²) >= 11 is 0. The first-order valence-electron chi connectivity index (χ1n) is 26.8. The molecule has 4 heteroatoms. The fourth-order valence-electron chi connectivity index (χ4n) is 16.9. The van der Waals surface area contributed by atoms with Crippen LogP contribution in [0.1, 0.15) is 133 Å². The molecule has 0 N–H and O–H groups in total. The fraction of sp³-hybridized carbons (Fsp3) is 0.567. The number of rotatable bonds is 5. The Hall–Kier alpha value is -4.18. The molecule has 1 aromatic heterocycles. The van der Waals surface area contributed by atoms with Gasteiger partial charge in [-0.25, -0.2) is 0 Å². The van der Waals surface area contributed by atoms with Gasteiger partial charge in [-0.15, -0.1) is 0 Å². The van der Waals surface area contributed by atoms with Gasteiger partial charge < -0.3 is 19.1 Å². The van der Waals surface area contributed by atoms with Crippen LogP contribution in [0.15, 0.2) is 124 Å². The smallest absolute Gasteiger partial charge is 0.153 e. The standard InChI is InChI=1S/C60H71N3O/c1-3-14-42(15-4-1)61-52-22-10-7-18-44(52)46-30-26-40(36-57(46)61)41-27-31-47-51-35-38(28-32-54(51)62(58(47)37-41)43-16-5-2-6-17-43)39-29-33-55-50(34-39)45-19-8-11-23-53(45)63(55)56-24-13-21-49-48-20-9-12-25-59(48)64-60(49)56/h1-3,5,10-11,14,16,21-23,28,30,32,34,37-40,44-45,47,51-55,57-58H,4,6-9,12-13,15,17-20,24-27,29,31,33,35-36H2. The Morgan fingerprint density at radius 3 is 2.16 bits per heavy atom. The minimum atomic E-state index is 0.494. The molecule has 0 spiro atoms. The molecule has 0 saturated carbocycles. The lowest BCUT2D eigenvalue weighted by Crippen LogP contribution is -2.43. The highest BCUT2D eigenvalue weighted by atomic mass is 16.3. The lowest BCUT2D eigenvalue weighted by molar-refractivity contribution is 0.223. The number of fused-ring (bicyclic) bond motifs is 12. The molecule has 13 unspecified atom stereocenters. The molecule has 3 aliphatic heterocycles. The van der Waals surface area contributed by atoms with Crippen LogP contribution < -0.4 is 10.6 Å². The van der Waals surface area contributed by atoms with Crippen molar-refractivity contribution in [3.05, 3.63) is 141 Å². The molecule has 0 aromatic carbocycles. The minimum Gasteiger partial charge on any atom is -0.459 e. The van der Waals surface area contributed by atoms with Gasteiger partial charge >= 0.3 is 0 Å². The van der Waals surface area contributed by atoms with E-state index in [2.05, 4.69) is 112 Å². The van der Waals surface area contributed by atoms with Crippen LogP contribution in [0.4, 0.5) is 0 Å². The second-order valence-corrected chi connectivity index (χ2v) is 22.5. The lowest BCUT2D eigenvalue weighted by atomic mass is 9.67. The summed E-state index contributed by atoms with van der Waals surface area (Å²) in [6.07, 6.45) is 67.5. The van der Waals surface area contributed by atoms with Gasteiger partial charge in [0, 0.05) is 40.4 Å². The monoisotopic (exact) mass is 850 g/mol. The van der Waals surface area contributed by atoms with Gasteiger partial charge in [-0.1, -0.05) is 90.6 Å². The largest absolute Gasteiger partial charge is 0.459 e. The predicted molar refractivity (Wildman–Crippen MR) is 260 cm³/mol. The van der Waals surface area contributed by atoms with E-state index in [4.69, 9.17) is 4.42 Å². The van der Waals surface area contributed by atoms with E-state index in [9.17, 15) is 0 Å². The van der Waals surface area contributed by atoms with Gasteiger partial charge in [-0.2, -0.15) is 0 Å². The zero-order valence-corrected chi connectivity index (χ0v) is 38.3. The Morgan fingerprint density at radius 1 is 0.531 bits per heavy atom. The quantitative estimate of drug-likeness (QED) is 0.275. The van der Waals surface area contributed by atoms with Crippen molar-refractivity contribution in [2.75, 3.05) is 0 Å². The molecule has 3 fully saturated rings. The van der Waals surface area contributed by atoms with Crippen molar-refractivity contribution in [2.24, 2.45) is 41.4 Å². The number of hydrogen-bond acceptors (Lipinski definition) is 4. The SMILES string of the molecule is C1=CCCC(N2C3CC(C4=CC5C(CC4)C4CC(C6C=C7C8CCC=CC8N(C8=c9oc%10c(c9=CCC8)CCCC%10)C7CC6)C=CC4N5C4=CC=CCC4)CC=C3C3CCC=CC32)=C1. The molecular weight excluding hydrogens is 779 g/mol. The number of likely N-dealkylation sites (tertiary alicyclic amines) is 3. The third-order valence-electron chi connectivity index (χ3n) is 19.6. The molecule has 332 valence electrons. The van der Waals surface area contributed by atoms with Crippen molar-refractivity contribution in [3.63, 3.8) is 0 Å². The summed E-state index contributed by atoms with van der Waals surface area (Å²) < 4.78 is 6.88. The Balaban J connectivity index is 0.752. The predicted octanol–water partition coefficient (Wildman–Crippen LogP) is 11.6. The summed E-state index contributed by atoms with van der Waals surface area (Å²) in [4.78, 5) is 8.83. The van der Waals surface area contributed by atoms with Crippen LogP contribution >= 0.6 is 0 Å². The molecule has 3 saturated heterocycles. The average molecular weight is 850 g/mol. The third kappa shape index (κ3) is 6.11. The van der Waals surface area contributed by atoms with Crippen LogP contribution in [-0.4, -0.2) is 51.0 Å². The van der Waals surface area contributed by atoms with Gasteiger partial charge in [0.2, 0.25) is 0 Å². The number of hydrogen-bond donors (Lipinski definition) is 0. The highest BCUT2D eigenvalue weighted by Crippen LogP contribution is 2.56. The Bertz CT molecular complexity index is 2530. The topological polar surface area (TPSA) is 22.9 Å². The van der Waals surface area contributed by atoms with Crippen molar-refractivity contribution in [1.29, 1.82) is 0 Å². The van der Waals surface area contributed by atoms with Crippen LogP contribution in [0.2, 0.25) is 0 Å². The van der Waals surface area contributed by atoms with E-state index in [1.54, 1.807) is 33.7 Å². The van der Waals surface area contributed by atoms with Crippen LogP contribution in [-0.2, 0) is 12.8 Å². The maximum atomic E-state index is 6.88. The van der Waals surface area contributed by atoms with E-state index in [0.717, 1.165) is 37.0 Å². The van der Waals surface area contributed by atoms with Gasteiger partial charge in [0.1, 0.15) is 5.76 Å². The van der Waals surface area contributed by atoms with Crippen molar-refractivity contribution >= 4 is 11.8 Å². The van der Waals surface area contributed by atoms with Crippen LogP contribution in [0, 0.1) is 41.4 Å². The number of nitrogens with zero attached hydrogens (tertiary/aromatic N) is 3. The van der Waals surface area contributed by atoms with Gasteiger partial charge in [0.25, 0.3) is 0 Å². The van der Waals surface area contributed by atoms with Crippen molar-refractivity contribution in [3.8, 4) is 0 Å². The highest BCUT2D eigenvalue weighted by molar-refractivity contribution is 5.55. The third-order valence-corrected chi connectivity index (χ3v) is 19.6. The molecule has 4 heterocycles. The maximum Gasteiger partial charge on any atom is 0.153 e. The van der Waals surface area contributed by atoms with E-state index < -0.39 is 0 Å².